The van der Waals surface area contributed by atoms with Gasteiger partial charge in [-0.3, -0.25) is 0 Å². The average molecular weight is 380 g/mol. The predicted octanol–water partition coefficient (Wildman–Crippen LogP) is 4.34. The number of hydrogen-bond acceptors (Lipinski definition) is 4. The molecule has 0 aliphatic heterocycles. The first kappa shape index (κ1) is 22.0. The monoisotopic (exact) mass is 380 g/mol. The minimum absolute atomic E-state index is 0.503. The second-order valence-corrected chi connectivity index (χ2v) is 5.80. The summed E-state index contributed by atoms with van der Waals surface area (Å²) < 4.78 is 21.9. The van der Waals surface area contributed by atoms with Gasteiger partial charge in [-0.25, -0.2) is 0 Å². The van der Waals surface area contributed by atoms with Crippen LogP contribution in [0.1, 0.15) is 38.8 Å². The second-order valence-electron chi connectivity index (χ2n) is 5.80. The smallest absolute Gasteiger partial charge is 0.222 e. The molecule has 4 heteroatoms. The Bertz CT molecular complexity index is 786. The Hall–Kier alpha value is -2.34. The van der Waals surface area contributed by atoms with Gasteiger partial charge in [-0.1, -0.05) is 24.0 Å². The lowest BCUT2D eigenvalue weighted by Crippen LogP contribution is -2.14. The van der Waals surface area contributed by atoms with Gasteiger partial charge in [0.15, 0.2) is 0 Å². The topological polar surface area (TPSA) is 36.9 Å². The number of ether oxygens (including phenoxy) is 4. The van der Waals surface area contributed by atoms with E-state index in [2.05, 4.69) is 35.8 Å². The zero-order valence-electron chi connectivity index (χ0n) is 17.1. The molecular weight excluding hydrogens is 352 g/mol. The molecular formula is C24H28O4. The van der Waals surface area contributed by atoms with Gasteiger partial charge in [-0.05, 0) is 74.6 Å². The van der Waals surface area contributed by atoms with E-state index in [1.807, 2.05) is 52.0 Å². The standard InChI is InChI=1S/C24H28O4/c1-5-25-23(26-6-2)15-11-19-9-13-21-14-10-20(18-22(21)17-19)12-16-24(27-7-3)28-8-4/h9-10,13-14,17-18,23-24H,5-8H2,1-4H3. The molecule has 0 radical (unpaired) electrons. The predicted molar refractivity (Wildman–Crippen MR) is 112 cm³/mol. The fourth-order valence-corrected chi connectivity index (χ4v) is 2.56. The van der Waals surface area contributed by atoms with Crippen LogP contribution in [0.3, 0.4) is 0 Å². The van der Waals surface area contributed by atoms with E-state index in [4.69, 9.17) is 18.9 Å². The number of rotatable bonds is 8. The Morgan fingerprint density at radius 3 is 1.36 bits per heavy atom. The fraction of sp³-hybridized carbons (Fsp3) is 0.417. The van der Waals surface area contributed by atoms with Gasteiger partial charge in [-0.2, -0.15) is 0 Å². The van der Waals surface area contributed by atoms with Crippen molar-refractivity contribution >= 4 is 10.8 Å². The first-order chi connectivity index (χ1) is 13.7. The summed E-state index contributed by atoms with van der Waals surface area (Å²) in [5, 5.41) is 2.21. The summed E-state index contributed by atoms with van der Waals surface area (Å²) in [7, 11) is 0. The van der Waals surface area contributed by atoms with E-state index in [0.29, 0.717) is 26.4 Å². The van der Waals surface area contributed by atoms with Crippen LogP contribution in [0, 0.1) is 23.7 Å². The Kier molecular flexibility index (Phi) is 9.55. The summed E-state index contributed by atoms with van der Waals surface area (Å²) in [6, 6.07) is 12.2. The molecule has 2 aromatic carbocycles. The van der Waals surface area contributed by atoms with Gasteiger partial charge < -0.3 is 18.9 Å². The average Bonchev–Trinajstić information content (AvgIpc) is 2.70. The minimum atomic E-state index is -0.503. The van der Waals surface area contributed by atoms with Crippen molar-refractivity contribution in [3.8, 4) is 23.7 Å². The zero-order chi connectivity index (χ0) is 20.2. The van der Waals surface area contributed by atoms with E-state index < -0.39 is 12.6 Å². The quantitative estimate of drug-likeness (QED) is 0.504. The highest BCUT2D eigenvalue weighted by molar-refractivity contribution is 5.85. The van der Waals surface area contributed by atoms with E-state index in [1.54, 1.807) is 0 Å². The third-order valence-corrected chi connectivity index (χ3v) is 3.78. The van der Waals surface area contributed by atoms with E-state index in [0.717, 1.165) is 21.9 Å². The van der Waals surface area contributed by atoms with Crippen LogP contribution in [-0.2, 0) is 18.9 Å². The van der Waals surface area contributed by atoms with Crippen LogP contribution in [0.5, 0.6) is 0 Å². The van der Waals surface area contributed by atoms with Gasteiger partial charge in [0, 0.05) is 37.6 Å². The van der Waals surface area contributed by atoms with Gasteiger partial charge in [0.1, 0.15) is 0 Å². The molecule has 0 aliphatic rings. The molecule has 0 heterocycles. The van der Waals surface area contributed by atoms with Gasteiger partial charge >= 0.3 is 0 Å². The van der Waals surface area contributed by atoms with Crippen LogP contribution < -0.4 is 0 Å². The lowest BCUT2D eigenvalue weighted by Gasteiger charge is -2.09. The normalized spacial score (nSPS) is 10.6. The molecule has 0 amide bonds. The molecule has 0 atom stereocenters. The largest absolute Gasteiger partial charge is 0.342 e. The van der Waals surface area contributed by atoms with Crippen molar-refractivity contribution in [1.29, 1.82) is 0 Å². The first-order valence-corrected chi connectivity index (χ1v) is 9.73. The van der Waals surface area contributed by atoms with E-state index in [9.17, 15) is 0 Å². The van der Waals surface area contributed by atoms with E-state index >= 15 is 0 Å². The third kappa shape index (κ3) is 7.00. The van der Waals surface area contributed by atoms with E-state index in [1.165, 1.54) is 0 Å². The van der Waals surface area contributed by atoms with E-state index in [-0.39, 0.29) is 0 Å². The summed E-state index contributed by atoms with van der Waals surface area (Å²) in [4.78, 5) is 0. The molecule has 0 N–H and O–H groups in total. The zero-order valence-corrected chi connectivity index (χ0v) is 17.1. The summed E-state index contributed by atoms with van der Waals surface area (Å²) in [5.74, 6) is 12.3. The molecule has 2 rings (SSSR count). The van der Waals surface area contributed by atoms with Crippen LogP contribution in [0.4, 0.5) is 0 Å². The molecule has 0 spiro atoms. The third-order valence-electron chi connectivity index (χ3n) is 3.78. The maximum absolute atomic E-state index is 5.47. The number of benzene rings is 2. The van der Waals surface area contributed by atoms with Crippen molar-refractivity contribution in [1.82, 2.24) is 0 Å². The Labute approximate surface area is 168 Å². The summed E-state index contributed by atoms with van der Waals surface area (Å²) in [5.41, 5.74) is 1.81. The Balaban J connectivity index is 2.23. The van der Waals surface area contributed by atoms with Crippen molar-refractivity contribution in [3.63, 3.8) is 0 Å². The van der Waals surface area contributed by atoms with Crippen LogP contribution in [0.25, 0.3) is 10.8 Å². The minimum Gasteiger partial charge on any atom is -0.342 e. The molecule has 148 valence electrons. The molecule has 0 aliphatic carbocycles. The lowest BCUT2D eigenvalue weighted by molar-refractivity contribution is -0.0972. The summed E-state index contributed by atoms with van der Waals surface area (Å²) in [6.45, 7) is 9.93. The van der Waals surface area contributed by atoms with Crippen molar-refractivity contribution in [2.75, 3.05) is 26.4 Å². The molecule has 2 aromatic rings. The van der Waals surface area contributed by atoms with Crippen LogP contribution in [0.2, 0.25) is 0 Å². The molecule has 0 aromatic heterocycles. The van der Waals surface area contributed by atoms with Gasteiger partial charge in [0.2, 0.25) is 12.6 Å². The highest BCUT2D eigenvalue weighted by Crippen LogP contribution is 2.17. The molecule has 0 saturated carbocycles. The molecule has 0 saturated heterocycles. The fourth-order valence-electron chi connectivity index (χ4n) is 2.56. The van der Waals surface area contributed by atoms with Gasteiger partial charge in [0.05, 0.1) is 0 Å². The molecule has 0 unspecified atom stereocenters. The van der Waals surface area contributed by atoms with Gasteiger partial charge in [0.25, 0.3) is 0 Å². The second kappa shape index (κ2) is 12.2. The highest BCUT2D eigenvalue weighted by atomic mass is 16.7. The summed E-state index contributed by atoms with van der Waals surface area (Å²) in [6.07, 6.45) is -1.01. The van der Waals surface area contributed by atoms with Crippen molar-refractivity contribution in [3.05, 3.63) is 47.5 Å². The van der Waals surface area contributed by atoms with Crippen molar-refractivity contribution in [2.45, 2.75) is 40.3 Å². The van der Waals surface area contributed by atoms with Crippen LogP contribution in [0.15, 0.2) is 36.4 Å². The van der Waals surface area contributed by atoms with Crippen LogP contribution in [-0.4, -0.2) is 39.0 Å². The number of hydrogen-bond donors (Lipinski definition) is 0. The first-order valence-electron chi connectivity index (χ1n) is 9.73. The molecule has 0 bridgehead atoms. The highest BCUT2D eigenvalue weighted by Gasteiger charge is 2.03. The van der Waals surface area contributed by atoms with Crippen molar-refractivity contribution in [2.24, 2.45) is 0 Å². The molecule has 4 nitrogen and oxygen atoms in total. The maximum atomic E-state index is 5.47. The molecule has 28 heavy (non-hydrogen) atoms. The van der Waals surface area contributed by atoms with Crippen molar-refractivity contribution < 1.29 is 18.9 Å². The van der Waals surface area contributed by atoms with Gasteiger partial charge in [-0.15, -0.1) is 0 Å². The SMILES string of the molecule is CCOC(C#Cc1ccc2ccc(C#CC(OCC)OCC)cc2c1)OCC. The maximum Gasteiger partial charge on any atom is 0.222 e. The Morgan fingerprint density at radius 2 is 1.00 bits per heavy atom. The van der Waals surface area contributed by atoms with Crippen LogP contribution >= 0.6 is 0 Å². The summed E-state index contributed by atoms with van der Waals surface area (Å²) >= 11 is 0. The Morgan fingerprint density at radius 1 is 0.607 bits per heavy atom. The number of fused-ring (bicyclic) bond motifs is 1. The lowest BCUT2D eigenvalue weighted by atomic mass is 10.0. The molecule has 0 fully saturated rings.